The standard InChI is InChI=1S/C12H13BrFN3O3/c1-3-16-12(2,6-15)7-20-11-5-9(14)8(13)4-10(11)17(18)19/h4-5,16H,3,7H2,1-2H3. The lowest BCUT2D eigenvalue weighted by molar-refractivity contribution is -0.386. The van der Waals surface area contributed by atoms with Gasteiger partial charge in [-0.25, -0.2) is 4.39 Å². The summed E-state index contributed by atoms with van der Waals surface area (Å²) in [5, 5.41) is 22.9. The van der Waals surface area contributed by atoms with Crippen LogP contribution in [0.3, 0.4) is 0 Å². The van der Waals surface area contributed by atoms with Crippen molar-refractivity contribution in [1.29, 1.82) is 5.26 Å². The molecule has 1 unspecified atom stereocenters. The first-order valence-electron chi connectivity index (χ1n) is 5.75. The summed E-state index contributed by atoms with van der Waals surface area (Å²) in [6.45, 7) is 3.80. The predicted molar refractivity (Wildman–Crippen MR) is 73.9 cm³/mol. The van der Waals surface area contributed by atoms with E-state index >= 15 is 0 Å². The minimum absolute atomic E-state index is 0.0220. The number of hydrogen-bond acceptors (Lipinski definition) is 5. The van der Waals surface area contributed by atoms with Crippen molar-refractivity contribution in [2.45, 2.75) is 19.4 Å². The van der Waals surface area contributed by atoms with Crippen LogP contribution in [0.1, 0.15) is 13.8 Å². The van der Waals surface area contributed by atoms with E-state index in [1.54, 1.807) is 6.92 Å². The van der Waals surface area contributed by atoms with Crippen LogP contribution in [-0.2, 0) is 0 Å². The Morgan fingerprint density at radius 2 is 2.30 bits per heavy atom. The summed E-state index contributed by atoms with van der Waals surface area (Å²) in [4.78, 5) is 10.2. The Kier molecular flexibility index (Phi) is 5.42. The lowest BCUT2D eigenvalue weighted by atomic mass is 10.1. The molecule has 0 fully saturated rings. The van der Waals surface area contributed by atoms with Crippen LogP contribution < -0.4 is 10.1 Å². The number of nitrogens with zero attached hydrogens (tertiary/aromatic N) is 2. The molecule has 8 heteroatoms. The molecule has 0 radical (unpaired) electrons. The minimum atomic E-state index is -1.01. The van der Waals surface area contributed by atoms with Gasteiger partial charge in [0.25, 0.3) is 0 Å². The molecule has 0 heterocycles. The largest absolute Gasteiger partial charge is 0.484 e. The van der Waals surface area contributed by atoms with Gasteiger partial charge in [0.1, 0.15) is 18.0 Å². The number of nitro benzene ring substituents is 1. The number of nitro groups is 1. The highest BCUT2D eigenvalue weighted by Gasteiger charge is 2.26. The van der Waals surface area contributed by atoms with Crippen molar-refractivity contribution in [2.75, 3.05) is 13.2 Å². The highest BCUT2D eigenvalue weighted by molar-refractivity contribution is 9.10. The Bertz CT molecular complexity index is 562. The first-order chi connectivity index (χ1) is 9.33. The second-order valence-electron chi connectivity index (χ2n) is 4.25. The normalized spacial score (nSPS) is 13.3. The van der Waals surface area contributed by atoms with E-state index in [1.807, 2.05) is 13.0 Å². The maximum atomic E-state index is 13.4. The number of nitrogens with one attached hydrogen (secondary N) is 1. The summed E-state index contributed by atoms with van der Waals surface area (Å²) in [5.74, 6) is -0.886. The van der Waals surface area contributed by atoms with Crippen molar-refractivity contribution in [3.8, 4) is 11.8 Å². The monoisotopic (exact) mass is 345 g/mol. The van der Waals surface area contributed by atoms with Gasteiger partial charge in [-0.1, -0.05) is 6.92 Å². The maximum Gasteiger partial charge on any atom is 0.312 e. The van der Waals surface area contributed by atoms with Crippen LogP contribution >= 0.6 is 15.9 Å². The van der Waals surface area contributed by atoms with E-state index in [1.165, 1.54) is 0 Å². The Balaban J connectivity index is 3.01. The third-order valence-electron chi connectivity index (χ3n) is 2.53. The van der Waals surface area contributed by atoms with Crippen LogP contribution in [0.4, 0.5) is 10.1 Å². The van der Waals surface area contributed by atoms with Crippen LogP contribution in [0.5, 0.6) is 5.75 Å². The molecule has 0 bridgehead atoms. The number of nitriles is 1. The zero-order chi connectivity index (χ0) is 15.3. The van der Waals surface area contributed by atoms with Crippen molar-refractivity contribution >= 4 is 21.6 Å². The highest BCUT2D eigenvalue weighted by atomic mass is 79.9. The molecular weight excluding hydrogens is 333 g/mol. The van der Waals surface area contributed by atoms with Crippen LogP contribution in [0.25, 0.3) is 0 Å². The van der Waals surface area contributed by atoms with E-state index in [0.29, 0.717) is 6.54 Å². The zero-order valence-electron chi connectivity index (χ0n) is 10.9. The third-order valence-corrected chi connectivity index (χ3v) is 3.14. The lowest BCUT2D eigenvalue weighted by Gasteiger charge is -2.22. The van der Waals surface area contributed by atoms with Gasteiger partial charge in [-0.3, -0.25) is 15.4 Å². The number of benzene rings is 1. The van der Waals surface area contributed by atoms with E-state index in [9.17, 15) is 14.5 Å². The Hall–Kier alpha value is -1.72. The topological polar surface area (TPSA) is 88.2 Å². The molecule has 108 valence electrons. The fourth-order valence-electron chi connectivity index (χ4n) is 1.51. The summed E-state index contributed by atoms with van der Waals surface area (Å²) in [6, 6.07) is 3.97. The maximum absolute atomic E-state index is 13.4. The van der Waals surface area contributed by atoms with Gasteiger partial charge >= 0.3 is 5.69 Å². The van der Waals surface area contributed by atoms with Gasteiger partial charge in [0, 0.05) is 12.1 Å². The van der Waals surface area contributed by atoms with Gasteiger partial charge in [-0.05, 0) is 29.4 Å². The number of ether oxygens (including phenoxy) is 1. The SMILES string of the molecule is CCNC(C)(C#N)COc1cc(F)c(Br)cc1[N+](=O)[O-]. The molecule has 20 heavy (non-hydrogen) atoms. The van der Waals surface area contributed by atoms with Gasteiger partial charge in [-0.15, -0.1) is 0 Å². The van der Waals surface area contributed by atoms with Crippen molar-refractivity contribution in [3.63, 3.8) is 0 Å². The molecule has 1 N–H and O–H groups in total. The van der Waals surface area contributed by atoms with Crippen molar-refractivity contribution in [2.24, 2.45) is 0 Å². The van der Waals surface area contributed by atoms with E-state index in [4.69, 9.17) is 10.00 Å². The van der Waals surface area contributed by atoms with Gasteiger partial charge in [0.05, 0.1) is 15.5 Å². The summed E-state index contributed by atoms with van der Waals surface area (Å²) in [6.07, 6.45) is 0. The number of rotatable bonds is 6. The number of hydrogen-bond donors (Lipinski definition) is 1. The molecule has 1 atom stereocenters. The summed E-state index contributed by atoms with van der Waals surface area (Å²) >= 11 is 2.88. The molecule has 0 aliphatic heterocycles. The third kappa shape index (κ3) is 3.88. The van der Waals surface area contributed by atoms with Gasteiger partial charge in [-0.2, -0.15) is 5.26 Å². The molecule has 0 spiro atoms. The van der Waals surface area contributed by atoms with Crippen LogP contribution in [-0.4, -0.2) is 23.6 Å². The molecule has 0 amide bonds. The lowest BCUT2D eigenvalue weighted by Crippen LogP contribution is -2.46. The van der Waals surface area contributed by atoms with Gasteiger partial charge < -0.3 is 4.74 Å². The van der Waals surface area contributed by atoms with Crippen molar-refractivity contribution in [1.82, 2.24) is 5.32 Å². The summed E-state index contributed by atoms with van der Waals surface area (Å²) < 4.78 is 18.7. The average molecular weight is 346 g/mol. The second kappa shape index (κ2) is 6.63. The molecule has 1 aromatic carbocycles. The van der Waals surface area contributed by atoms with Crippen LogP contribution in [0, 0.1) is 27.3 Å². The first kappa shape index (κ1) is 16.3. The summed E-state index contributed by atoms with van der Waals surface area (Å²) in [5.41, 5.74) is -1.37. The predicted octanol–water partition coefficient (Wildman–Crippen LogP) is 2.77. The van der Waals surface area contributed by atoms with Gasteiger partial charge in [0.15, 0.2) is 5.75 Å². The molecule has 1 aromatic rings. The fourth-order valence-corrected chi connectivity index (χ4v) is 1.84. The van der Waals surface area contributed by atoms with E-state index in [0.717, 1.165) is 12.1 Å². The van der Waals surface area contributed by atoms with Gasteiger partial charge in [0.2, 0.25) is 0 Å². The Labute approximate surface area is 123 Å². The highest BCUT2D eigenvalue weighted by Crippen LogP contribution is 2.32. The second-order valence-corrected chi connectivity index (χ2v) is 5.11. The molecule has 0 aromatic heterocycles. The molecule has 0 saturated carbocycles. The van der Waals surface area contributed by atoms with E-state index in [2.05, 4.69) is 21.2 Å². The first-order valence-corrected chi connectivity index (χ1v) is 6.55. The average Bonchev–Trinajstić information content (AvgIpc) is 2.39. The Morgan fingerprint density at radius 1 is 1.65 bits per heavy atom. The quantitative estimate of drug-likeness (QED) is 0.632. The van der Waals surface area contributed by atoms with E-state index < -0.39 is 16.3 Å². The zero-order valence-corrected chi connectivity index (χ0v) is 12.5. The molecule has 1 rings (SSSR count). The molecule has 0 aliphatic rings. The fraction of sp³-hybridized carbons (Fsp3) is 0.417. The molecular formula is C12H13BrFN3O3. The summed E-state index contributed by atoms with van der Waals surface area (Å²) in [7, 11) is 0. The van der Waals surface area contributed by atoms with E-state index in [-0.39, 0.29) is 22.5 Å². The van der Waals surface area contributed by atoms with Crippen molar-refractivity contribution < 1.29 is 14.1 Å². The number of likely N-dealkylation sites (N-methyl/N-ethyl adjacent to an activating group) is 1. The smallest absolute Gasteiger partial charge is 0.312 e. The molecule has 6 nitrogen and oxygen atoms in total. The number of halogens is 2. The molecule has 0 aliphatic carbocycles. The Morgan fingerprint density at radius 3 is 2.80 bits per heavy atom. The molecule has 0 saturated heterocycles. The van der Waals surface area contributed by atoms with Crippen LogP contribution in [0.15, 0.2) is 16.6 Å². The van der Waals surface area contributed by atoms with Crippen molar-refractivity contribution in [3.05, 3.63) is 32.5 Å². The minimum Gasteiger partial charge on any atom is -0.484 e. The van der Waals surface area contributed by atoms with Crippen LogP contribution in [0.2, 0.25) is 0 Å².